The van der Waals surface area contributed by atoms with Crippen molar-refractivity contribution in [2.45, 2.75) is 19.6 Å². The molecule has 66 heavy (non-hydrogen) atoms. The highest BCUT2D eigenvalue weighted by Gasteiger charge is 2.27. The molecule has 0 fully saturated rings. The molecule has 0 bridgehead atoms. The van der Waals surface area contributed by atoms with Gasteiger partial charge in [0.25, 0.3) is 30.4 Å². The number of phenolic OH excluding ortho intramolecular Hbond substituents is 2. The summed E-state index contributed by atoms with van der Waals surface area (Å²) in [6.07, 6.45) is 0. The van der Waals surface area contributed by atoms with Gasteiger partial charge in [0.1, 0.15) is 21.2 Å². The molecule has 0 unspecified atom stereocenters. The highest BCUT2D eigenvalue weighted by Crippen LogP contribution is 2.48. The average Bonchev–Trinajstić information content (AvgIpc) is 3.20. The molecule has 0 aliphatic rings. The third kappa shape index (κ3) is 10.9. The lowest BCUT2D eigenvalue weighted by molar-refractivity contribution is 0.0697. The molecular formula is C35H27N7O19S5. The number of benzene rings is 6. The number of fused-ring (bicyclic) bond motifs is 2. The monoisotopic (exact) mass is 1010 g/mol. The van der Waals surface area contributed by atoms with E-state index in [9.17, 15) is 75.9 Å². The summed E-state index contributed by atoms with van der Waals surface area (Å²) in [6, 6.07) is 14.0. The van der Waals surface area contributed by atoms with E-state index in [0.717, 1.165) is 36.4 Å². The molecule has 0 spiro atoms. The number of nitrogens with two attached hydrogens (primary N) is 1. The van der Waals surface area contributed by atoms with Gasteiger partial charge in [0, 0.05) is 11.1 Å². The fourth-order valence-corrected chi connectivity index (χ4v) is 9.19. The zero-order valence-corrected chi connectivity index (χ0v) is 36.4. The van der Waals surface area contributed by atoms with Crippen molar-refractivity contribution >= 4 is 118 Å². The van der Waals surface area contributed by atoms with Crippen LogP contribution in [0.4, 0.5) is 39.8 Å². The minimum Gasteiger partial charge on any atom is -0.505 e. The van der Waals surface area contributed by atoms with Crippen LogP contribution >= 0.6 is 0 Å². The molecule has 0 aromatic heterocycles. The summed E-state index contributed by atoms with van der Waals surface area (Å²) < 4.78 is 164. The molecule has 6 aromatic rings. The number of carboxylic acids is 1. The van der Waals surface area contributed by atoms with Gasteiger partial charge in [0.2, 0.25) is 0 Å². The maximum absolute atomic E-state index is 12.6. The topological polar surface area (TPSA) is 439 Å². The summed E-state index contributed by atoms with van der Waals surface area (Å²) in [7, 11) is -25.0. The number of azo groups is 3. The lowest BCUT2D eigenvalue weighted by atomic mass is 10.1. The molecule has 6 aromatic carbocycles. The third-order valence-electron chi connectivity index (χ3n) is 8.84. The number of anilines is 1. The van der Waals surface area contributed by atoms with Crippen molar-refractivity contribution < 1.29 is 84.6 Å². The van der Waals surface area contributed by atoms with E-state index in [-0.39, 0.29) is 39.1 Å². The second-order valence-corrected chi connectivity index (χ2v) is 20.7. The Hall–Kier alpha value is -6.94. The quantitative estimate of drug-likeness (QED) is 0.0319. The van der Waals surface area contributed by atoms with Gasteiger partial charge in [-0.2, -0.15) is 49.0 Å². The number of hydrogen-bond acceptors (Lipinski definition) is 21. The predicted octanol–water partition coefficient (Wildman–Crippen LogP) is 6.26. The lowest BCUT2D eigenvalue weighted by Crippen LogP contribution is -2.15. The van der Waals surface area contributed by atoms with Gasteiger partial charge < -0.3 is 21.1 Å². The van der Waals surface area contributed by atoms with Gasteiger partial charge in [-0.15, -0.1) is 15.3 Å². The van der Waals surface area contributed by atoms with Gasteiger partial charge in [0.05, 0.1) is 55.8 Å². The Morgan fingerprint density at radius 1 is 0.561 bits per heavy atom. The van der Waals surface area contributed by atoms with E-state index >= 15 is 0 Å². The van der Waals surface area contributed by atoms with E-state index in [1.165, 1.54) is 30.3 Å². The maximum atomic E-state index is 12.6. The zero-order chi connectivity index (χ0) is 48.7. The first-order chi connectivity index (χ1) is 30.5. The molecule has 0 atom stereocenters. The maximum Gasteiger partial charge on any atom is 0.397 e. The highest BCUT2D eigenvalue weighted by molar-refractivity contribution is 7.91. The standard InChI is InChI=1S/C35H27N7O19S5/c36-26-8-5-21(15-25(26)35(45)46)39-38-20-2-1-17-12-28(64(52,53)54)31(33(43)24(17)14-20)42-40-27-16-23(63(49,50)51)11-18-13-29(65(55,56)57)32(34(44)30(18)27)41-37-19-3-6-22(7-4-19)62(47,48)10-9-61-66(58,59)60/h1-8,11-16,43-44H,9-10,36H2,(H,45,46)(H,49,50,51)(H,52,53,54)(H,55,56,57)(H,58,59,60). The molecule has 31 heteroatoms. The minimum absolute atomic E-state index is 0.00746. The lowest BCUT2D eigenvalue weighted by Gasteiger charge is -2.12. The van der Waals surface area contributed by atoms with Crippen LogP contribution in [0.1, 0.15) is 10.4 Å². The average molecular weight is 1010 g/mol. The van der Waals surface area contributed by atoms with Gasteiger partial charge in [-0.05, 0) is 89.6 Å². The van der Waals surface area contributed by atoms with E-state index < -0.39 is 128 Å². The van der Waals surface area contributed by atoms with Crippen molar-refractivity contribution in [3.05, 3.63) is 90.5 Å². The second kappa shape index (κ2) is 17.8. The van der Waals surface area contributed by atoms with Crippen LogP contribution in [0.2, 0.25) is 0 Å². The fraction of sp³-hybridized carbons (Fsp3) is 0.0571. The molecule has 9 N–H and O–H groups in total. The van der Waals surface area contributed by atoms with Crippen LogP contribution in [-0.4, -0.2) is 93.9 Å². The second-order valence-electron chi connectivity index (χ2n) is 13.3. The number of phenols is 2. The molecule has 0 amide bonds. The van der Waals surface area contributed by atoms with Crippen molar-refractivity contribution in [2.24, 2.45) is 30.7 Å². The van der Waals surface area contributed by atoms with Gasteiger partial charge in [0.15, 0.2) is 21.3 Å². The van der Waals surface area contributed by atoms with Crippen LogP contribution in [-0.2, 0) is 54.8 Å². The van der Waals surface area contributed by atoms with Gasteiger partial charge in [-0.3, -0.25) is 18.2 Å². The van der Waals surface area contributed by atoms with Crippen molar-refractivity contribution in [1.29, 1.82) is 0 Å². The number of sulfone groups is 1. The Morgan fingerprint density at radius 3 is 1.67 bits per heavy atom. The zero-order valence-electron chi connectivity index (χ0n) is 32.3. The molecule has 0 saturated heterocycles. The van der Waals surface area contributed by atoms with Gasteiger partial charge in [-0.1, -0.05) is 6.07 Å². The Kier molecular flexibility index (Phi) is 13.1. The first-order valence-electron chi connectivity index (χ1n) is 17.4. The molecular weight excluding hydrogens is 983 g/mol. The number of carboxylic acid groups (broad SMARTS) is 1. The molecule has 6 rings (SSSR count). The summed E-state index contributed by atoms with van der Waals surface area (Å²) in [5, 5.41) is 53.6. The molecule has 0 aliphatic heterocycles. The van der Waals surface area contributed by atoms with Crippen LogP contribution in [0.3, 0.4) is 0 Å². The number of hydrogen-bond donors (Lipinski definition) is 8. The van der Waals surface area contributed by atoms with Crippen molar-refractivity contribution in [2.75, 3.05) is 18.1 Å². The first-order valence-corrected chi connectivity index (χ1v) is 24.8. The normalized spacial score (nSPS) is 13.2. The molecule has 26 nitrogen and oxygen atoms in total. The van der Waals surface area contributed by atoms with E-state index in [4.69, 9.17) is 10.3 Å². The van der Waals surface area contributed by atoms with E-state index in [1.54, 1.807) is 0 Å². The number of aromatic hydroxyl groups is 2. The van der Waals surface area contributed by atoms with Crippen molar-refractivity contribution in [3.63, 3.8) is 0 Å². The highest BCUT2D eigenvalue weighted by atomic mass is 32.3. The fourth-order valence-electron chi connectivity index (χ4n) is 5.85. The van der Waals surface area contributed by atoms with Crippen molar-refractivity contribution in [3.8, 4) is 11.5 Å². The smallest absolute Gasteiger partial charge is 0.397 e. The summed E-state index contributed by atoms with van der Waals surface area (Å²) in [6.45, 7) is -0.942. The SMILES string of the molecule is Nc1ccc(N=Nc2ccc3cc(S(=O)(=O)O)c(N=Nc4cc(S(=O)(=O)O)cc5cc(S(=O)(=O)O)c(N=Nc6ccc(S(=O)(=O)CCOS(=O)(=O)O)cc6)c(O)c45)c(O)c3c2)cc1C(=O)O. The van der Waals surface area contributed by atoms with Crippen LogP contribution in [0.25, 0.3) is 21.5 Å². The molecule has 0 aliphatic carbocycles. The van der Waals surface area contributed by atoms with Crippen LogP contribution in [0, 0.1) is 0 Å². The van der Waals surface area contributed by atoms with Crippen molar-refractivity contribution in [1.82, 2.24) is 0 Å². The Balaban J connectivity index is 1.48. The van der Waals surface area contributed by atoms with Crippen LogP contribution in [0.5, 0.6) is 11.5 Å². The van der Waals surface area contributed by atoms with Crippen LogP contribution < -0.4 is 5.73 Å². The number of carbonyl (C=O) groups is 1. The van der Waals surface area contributed by atoms with E-state index in [2.05, 4.69) is 34.9 Å². The van der Waals surface area contributed by atoms with Gasteiger partial charge >= 0.3 is 16.4 Å². The van der Waals surface area contributed by atoms with E-state index in [0.29, 0.717) is 18.2 Å². The number of aromatic carboxylic acids is 1. The first kappa shape index (κ1) is 48.5. The third-order valence-corrected chi connectivity index (χ3v) is 13.6. The largest absolute Gasteiger partial charge is 0.505 e. The van der Waals surface area contributed by atoms with Crippen LogP contribution in [0.15, 0.2) is 135 Å². The number of rotatable bonds is 15. The molecule has 346 valence electrons. The summed E-state index contributed by atoms with van der Waals surface area (Å²) >= 11 is 0. The summed E-state index contributed by atoms with van der Waals surface area (Å²) in [5.41, 5.74) is 2.30. The predicted molar refractivity (Wildman–Crippen MR) is 227 cm³/mol. The van der Waals surface area contributed by atoms with E-state index in [1.807, 2.05) is 0 Å². The minimum atomic E-state index is -5.39. The molecule has 0 radical (unpaired) electrons. The molecule has 0 saturated carbocycles. The number of nitrogen functional groups attached to an aromatic ring is 1. The van der Waals surface area contributed by atoms with Gasteiger partial charge in [-0.25, -0.2) is 17.4 Å². The Bertz CT molecular complexity index is 3700. The molecule has 0 heterocycles. The summed E-state index contributed by atoms with van der Waals surface area (Å²) in [4.78, 5) is 7.78. The summed E-state index contributed by atoms with van der Waals surface area (Å²) in [5.74, 6) is -4.45. The Labute approximate surface area is 371 Å². The Morgan fingerprint density at radius 2 is 1.09 bits per heavy atom. The number of nitrogens with zero attached hydrogens (tertiary/aromatic N) is 6.